The van der Waals surface area contributed by atoms with E-state index in [-0.39, 0.29) is 22.2 Å². The number of aliphatic carboxylic acids is 1. The highest BCUT2D eigenvalue weighted by Crippen LogP contribution is 2.41. The zero-order chi connectivity index (χ0) is 26.1. The van der Waals surface area contributed by atoms with Gasteiger partial charge in [0, 0.05) is 22.3 Å². The second-order valence-corrected chi connectivity index (χ2v) is 10.9. The largest absolute Gasteiger partial charge is 0.477 e. The van der Waals surface area contributed by atoms with Gasteiger partial charge in [0.25, 0.3) is 11.8 Å². The highest BCUT2D eigenvalue weighted by Gasteiger charge is 2.54. The van der Waals surface area contributed by atoms with E-state index in [2.05, 4.69) is 20.4 Å². The monoisotopic (exact) mass is 556 g/mol. The van der Waals surface area contributed by atoms with Crippen LogP contribution < -0.4 is 11.1 Å². The highest BCUT2D eigenvalue weighted by molar-refractivity contribution is 8.01. The Balaban J connectivity index is 1.31. The third-order valence-electron chi connectivity index (χ3n) is 5.67. The number of thiazole rings is 1. The van der Waals surface area contributed by atoms with Crippen molar-refractivity contribution in [1.29, 1.82) is 0 Å². The molecule has 11 nitrogen and oxygen atoms in total. The van der Waals surface area contributed by atoms with Crippen LogP contribution in [-0.4, -0.2) is 73.5 Å². The van der Waals surface area contributed by atoms with E-state index >= 15 is 0 Å². The molecule has 1 saturated heterocycles. The Hall–Kier alpha value is -3.62. The number of hydrogen-bond acceptors (Lipinski definition) is 11. The van der Waals surface area contributed by atoms with Crippen molar-refractivity contribution in [2.75, 3.05) is 24.3 Å². The minimum absolute atomic E-state index is 0.0504. The molecule has 1 fully saturated rings. The third-order valence-corrected chi connectivity index (χ3v) is 8.70. The summed E-state index contributed by atoms with van der Waals surface area (Å²) < 4.78 is 0. The van der Waals surface area contributed by atoms with E-state index in [0.717, 1.165) is 27.3 Å². The predicted molar refractivity (Wildman–Crippen MR) is 142 cm³/mol. The molecular weight excluding hydrogens is 536 g/mol. The molecule has 14 heteroatoms. The van der Waals surface area contributed by atoms with E-state index in [9.17, 15) is 19.5 Å². The van der Waals surface area contributed by atoms with Crippen LogP contribution in [0.5, 0.6) is 0 Å². The van der Waals surface area contributed by atoms with Gasteiger partial charge in [-0.1, -0.05) is 29.4 Å². The van der Waals surface area contributed by atoms with Crippen LogP contribution in [0, 0.1) is 0 Å². The minimum atomic E-state index is -1.19. The van der Waals surface area contributed by atoms with E-state index < -0.39 is 29.2 Å². The van der Waals surface area contributed by atoms with Gasteiger partial charge in [0.1, 0.15) is 29.9 Å². The summed E-state index contributed by atoms with van der Waals surface area (Å²) in [4.78, 5) is 52.7. The van der Waals surface area contributed by atoms with Gasteiger partial charge in [-0.05, 0) is 17.7 Å². The van der Waals surface area contributed by atoms with Crippen molar-refractivity contribution < 1.29 is 24.3 Å². The molecule has 1 aromatic carbocycles. The van der Waals surface area contributed by atoms with Gasteiger partial charge >= 0.3 is 5.97 Å². The number of β-lactam (4-membered cyclic amide) rings is 1. The van der Waals surface area contributed by atoms with E-state index in [4.69, 9.17) is 10.6 Å². The molecule has 2 atom stereocenters. The van der Waals surface area contributed by atoms with Crippen LogP contribution in [0.3, 0.4) is 0 Å². The molecule has 5 rings (SSSR count). The first-order valence-corrected chi connectivity index (χ1v) is 13.8. The second kappa shape index (κ2) is 10.4. The highest BCUT2D eigenvalue weighted by atomic mass is 32.2. The lowest BCUT2D eigenvalue weighted by atomic mass is 10.0. The number of nitrogens with zero attached hydrogens (tertiary/aromatic N) is 4. The minimum Gasteiger partial charge on any atom is -0.477 e. The third kappa shape index (κ3) is 4.86. The molecule has 2 aliphatic heterocycles. The number of nitrogens with two attached hydrogens (primary N) is 1. The lowest BCUT2D eigenvalue weighted by molar-refractivity contribution is -0.150. The second-order valence-electron chi connectivity index (χ2n) is 7.94. The summed E-state index contributed by atoms with van der Waals surface area (Å²) in [7, 11) is 1.28. The smallest absolute Gasteiger partial charge is 0.352 e. The summed E-state index contributed by atoms with van der Waals surface area (Å²) in [6.45, 7) is 0. The van der Waals surface area contributed by atoms with Crippen molar-refractivity contribution in [1.82, 2.24) is 20.2 Å². The summed E-state index contributed by atoms with van der Waals surface area (Å²) in [6.07, 6.45) is 0. The molecule has 2 aromatic heterocycles. The van der Waals surface area contributed by atoms with Crippen molar-refractivity contribution in [3.8, 4) is 0 Å². The fourth-order valence-corrected chi connectivity index (χ4v) is 6.90. The van der Waals surface area contributed by atoms with Crippen LogP contribution in [0.15, 0.2) is 63.2 Å². The summed E-state index contributed by atoms with van der Waals surface area (Å²) in [6, 6.07) is 10.7. The normalized spacial score (nSPS) is 19.4. The Morgan fingerprint density at radius 1 is 1.30 bits per heavy atom. The van der Waals surface area contributed by atoms with Crippen molar-refractivity contribution in [2.45, 2.75) is 16.4 Å². The van der Waals surface area contributed by atoms with Crippen LogP contribution in [0.25, 0.3) is 10.9 Å². The SMILES string of the molecule is CON=C(C(=O)N[C@@H]1C(=O)N2C(C(=O)O)=C(CSc3ccc4ccccc4n3)CS[C@@H]12)c1csc(N)n1. The number of carbonyl (C=O) groups is 3. The van der Waals surface area contributed by atoms with Crippen LogP contribution in [0.1, 0.15) is 5.69 Å². The van der Waals surface area contributed by atoms with Crippen LogP contribution in [-0.2, 0) is 19.2 Å². The molecule has 2 aliphatic rings. The topological polar surface area (TPSA) is 160 Å². The number of fused-ring (bicyclic) bond motifs is 2. The number of aromatic nitrogens is 2. The van der Waals surface area contributed by atoms with E-state index in [1.54, 1.807) is 5.38 Å². The van der Waals surface area contributed by atoms with Gasteiger partial charge in [-0.15, -0.1) is 34.9 Å². The van der Waals surface area contributed by atoms with Gasteiger partial charge in [-0.2, -0.15) is 0 Å². The predicted octanol–water partition coefficient (Wildman–Crippen LogP) is 2.15. The van der Waals surface area contributed by atoms with Crippen LogP contribution >= 0.6 is 34.9 Å². The average Bonchev–Trinajstić information content (AvgIpc) is 3.33. The molecule has 0 unspecified atom stereocenters. The number of carboxylic acid groups (broad SMARTS) is 1. The number of nitrogen functional groups attached to an aromatic ring is 1. The summed E-state index contributed by atoms with van der Waals surface area (Å²) in [5, 5.41) is 19.3. The Kier molecular flexibility index (Phi) is 7.04. The number of oxime groups is 1. The van der Waals surface area contributed by atoms with Gasteiger partial charge < -0.3 is 21.0 Å². The molecule has 190 valence electrons. The Bertz CT molecular complexity index is 1470. The zero-order valence-corrected chi connectivity index (χ0v) is 21.7. The number of nitrogens with one attached hydrogen (secondary N) is 1. The number of thioether (sulfide) groups is 2. The molecule has 2 amide bonds. The van der Waals surface area contributed by atoms with E-state index in [0.29, 0.717) is 17.1 Å². The zero-order valence-electron chi connectivity index (χ0n) is 19.3. The maximum Gasteiger partial charge on any atom is 0.352 e. The molecule has 3 aromatic rings. The van der Waals surface area contributed by atoms with Crippen molar-refractivity contribution in [3.05, 3.63) is 58.7 Å². The number of carbonyl (C=O) groups excluding carboxylic acids is 2. The number of carboxylic acids is 1. The lowest BCUT2D eigenvalue weighted by Crippen LogP contribution is -2.71. The van der Waals surface area contributed by atoms with Crippen molar-refractivity contribution in [3.63, 3.8) is 0 Å². The number of hydrogen-bond donors (Lipinski definition) is 3. The lowest BCUT2D eigenvalue weighted by Gasteiger charge is -2.49. The first-order valence-electron chi connectivity index (χ1n) is 10.9. The first-order chi connectivity index (χ1) is 17.9. The van der Waals surface area contributed by atoms with E-state index in [1.807, 2.05) is 36.4 Å². The van der Waals surface area contributed by atoms with Crippen molar-refractivity contribution in [2.24, 2.45) is 5.16 Å². The fraction of sp³-hybridized carbons (Fsp3) is 0.217. The molecular formula is C23H20N6O5S3. The molecule has 0 bridgehead atoms. The molecule has 37 heavy (non-hydrogen) atoms. The average molecular weight is 557 g/mol. The standard InChI is InChI=1S/C23H20N6O5S3/c1-34-28-16(14-10-37-23(24)26-14)19(30)27-17-20(31)29-18(22(32)33)12(9-36-21(17)29)8-35-15-7-6-11-4-2-3-5-13(11)25-15/h2-7,10,17,21H,8-9H2,1H3,(H2,24,26)(H,27,30)(H,32,33)/t17-,21+/m1/s1. The molecule has 0 aliphatic carbocycles. The first kappa shape index (κ1) is 25.0. The number of anilines is 1. The van der Waals surface area contributed by atoms with Gasteiger partial charge in [0.15, 0.2) is 10.8 Å². The Morgan fingerprint density at radius 3 is 2.84 bits per heavy atom. The van der Waals surface area contributed by atoms with Gasteiger partial charge in [-0.25, -0.2) is 14.8 Å². The molecule has 4 heterocycles. The van der Waals surface area contributed by atoms with Gasteiger partial charge in [-0.3, -0.25) is 14.5 Å². The number of pyridine rings is 1. The maximum absolute atomic E-state index is 13.0. The van der Waals surface area contributed by atoms with Crippen LogP contribution in [0.2, 0.25) is 0 Å². The molecule has 0 radical (unpaired) electrons. The van der Waals surface area contributed by atoms with E-state index in [1.165, 1.54) is 35.5 Å². The summed E-state index contributed by atoms with van der Waals surface area (Å²) in [5.74, 6) is -1.61. The maximum atomic E-state index is 13.0. The Morgan fingerprint density at radius 2 is 2.11 bits per heavy atom. The van der Waals surface area contributed by atoms with Gasteiger partial charge in [0.2, 0.25) is 0 Å². The van der Waals surface area contributed by atoms with Crippen molar-refractivity contribution >= 4 is 74.4 Å². The quantitative estimate of drug-likeness (QED) is 0.162. The van der Waals surface area contributed by atoms with Gasteiger partial charge in [0.05, 0.1) is 10.5 Å². The molecule has 4 N–H and O–H groups in total. The number of rotatable bonds is 8. The molecule has 0 spiro atoms. The fourth-order valence-electron chi connectivity index (χ4n) is 3.98. The summed E-state index contributed by atoms with van der Waals surface area (Å²) in [5.41, 5.74) is 7.16. The number of benzene rings is 1. The number of para-hydroxylation sites is 1. The number of amides is 2. The van der Waals surface area contributed by atoms with Crippen LogP contribution in [0.4, 0.5) is 5.13 Å². The Labute approximate surface area is 223 Å². The summed E-state index contributed by atoms with van der Waals surface area (Å²) >= 11 is 3.94. The molecule has 0 saturated carbocycles.